The van der Waals surface area contributed by atoms with Crippen molar-refractivity contribution >= 4 is 15.2 Å². The Kier molecular flexibility index (Phi) is 7.03. The van der Waals surface area contributed by atoms with E-state index in [1.165, 1.54) is 31.4 Å². The predicted molar refractivity (Wildman–Crippen MR) is 77.5 cm³/mol. The van der Waals surface area contributed by atoms with Crippen molar-refractivity contribution in [2.75, 3.05) is 7.11 Å². The lowest BCUT2D eigenvalue weighted by atomic mass is 10.3. The molecule has 2 rings (SSSR count). The fourth-order valence-corrected chi connectivity index (χ4v) is 1.38. The van der Waals surface area contributed by atoms with E-state index < -0.39 is 4.92 Å². The smallest absolute Gasteiger partial charge is 0.269 e. The minimum absolute atomic E-state index is 0.0656. The molecule has 106 valence electrons. The van der Waals surface area contributed by atoms with E-state index >= 15 is 0 Å². The maximum absolute atomic E-state index is 10.2. The largest absolute Gasteiger partial charge is 0.480 e. The lowest BCUT2D eigenvalue weighted by Gasteiger charge is -1.96. The Morgan fingerprint density at radius 1 is 1.00 bits per heavy atom. The van der Waals surface area contributed by atoms with Crippen LogP contribution in [0.15, 0.2) is 54.6 Å². The van der Waals surface area contributed by atoms with E-state index in [1.54, 1.807) is 0 Å². The van der Waals surface area contributed by atoms with Gasteiger partial charge in [-0.2, -0.15) is 4.89 Å². The molecule has 2 aromatic rings. The minimum atomic E-state index is -0.452. The molecule has 0 aliphatic rings. The summed E-state index contributed by atoms with van der Waals surface area (Å²) in [6, 6.07) is 15.2. The van der Waals surface area contributed by atoms with Crippen molar-refractivity contribution in [3.63, 3.8) is 0 Å². The Labute approximate surface area is 118 Å². The molecule has 0 spiro atoms. The third-order valence-electron chi connectivity index (χ3n) is 2.11. The van der Waals surface area contributed by atoms with Crippen LogP contribution < -0.4 is 9.41 Å². The Hall–Kier alpha value is -2.17. The van der Waals surface area contributed by atoms with Crippen molar-refractivity contribution in [3.05, 3.63) is 64.7 Å². The first kappa shape index (κ1) is 15.9. The second-order valence-corrected chi connectivity index (χ2v) is 3.67. The summed E-state index contributed by atoms with van der Waals surface area (Å²) in [6.45, 7) is 0. The molecule has 0 fully saturated rings. The molecular formula is C13H14NO5P. The Morgan fingerprint density at radius 3 is 2.05 bits per heavy atom. The van der Waals surface area contributed by atoms with Gasteiger partial charge in [-0.3, -0.25) is 10.1 Å². The fraction of sp³-hybridized carbons (Fsp3) is 0.0769. The van der Waals surface area contributed by atoms with Crippen LogP contribution in [0.25, 0.3) is 0 Å². The molecule has 0 aromatic heterocycles. The van der Waals surface area contributed by atoms with Gasteiger partial charge in [0.1, 0.15) is 5.75 Å². The molecule has 0 saturated carbocycles. The molecule has 0 amide bonds. The van der Waals surface area contributed by atoms with Gasteiger partial charge in [-0.1, -0.05) is 18.2 Å². The second-order valence-electron chi connectivity index (χ2n) is 3.43. The number of nitrogens with zero attached hydrogens (tertiary/aromatic N) is 1. The van der Waals surface area contributed by atoms with Crippen molar-refractivity contribution in [1.29, 1.82) is 0 Å². The predicted octanol–water partition coefficient (Wildman–Crippen LogP) is 3.39. The highest BCUT2D eigenvalue weighted by molar-refractivity contribution is 7.10. The monoisotopic (exact) mass is 295 g/mol. The summed E-state index contributed by atoms with van der Waals surface area (Å²) in [5, 5.41) is 10.2. The summed E-state index contributed by atoms with van der Waals surface area (Å²) in [4.78, 5) is 18.8. The summed E-state index contributed by atoms with van der Waals surface area (Å²) in [7, 11) is 3.54. The van der Waals surface area contributed by atoms with Gasteiger partial charge in [0.15, 0.2) is 5.75 Å². The van der Waals surface area contributed by atoms with E-state index in [0.29, 0.717) is 5.75 Å². The van der Waals surface area contributed by atoms with Gasteiger partial charge in [0.2, 0.25) is 0 Å². The van der Waals surface area contributed by atoms with Crippen molar-refractivity contribution < 1.29 is 19.2 Å². The minimum Gasteiger partial charge on any atom is -0.480 e. The third kappa shape index (κ3) is 5.65. The number of benzene rings is 2. The molecule has 20 heavy (non-hydrogen) atoms. The van der Waals surface area contributed by atoms with Crippen molar-refractivity contribution in [2.45, 2.75) is 0 Å². The van der Waals surface area contributed by atoms with Crippen LogP contribution in [0.1, 0.15) is 0 Å². The molecule has 1 unspecified atom stereocenters. The van der Waals surface area contributed by atoms with E-state index in [-0.39, 0.29) is 5.69 Å². The summed E-state index contributed by atoms with van der Waals surface area (Å²) < 4.78 is 4.74. The molecule has 0 bridgehead atoms. The maximum Gasteiger partial charge on any atom is 0.269 e. The zero-order chi connectivity index (χ0) is 14.8. The molecule has 0 heterocycles. The van der Waals surface area contributed by atoms with Crippen molar-refractivity contribution in [3.8, 4) is 11.5 Å². The molecule has 1 atom stereocenters. The molecule has 0 N–H and O–H groups in total. The van der Waals surface area contributed by atoms with Crippen molar-refractivity contribution in [2.24, 2.45) is 0 Å². The number of non-ortho nitro benzene ring substituents is 1. The quantitative estimate of drug-likeness (QED) is 0.374. The number of nitro benzene ring substituents is 1. The Morgan fingerprint density at radius 2 is 1.60 bits per heavy atom. The molecule has 7 heteroatoms. The Bertz CT molecular complexity index is 518. The molecule has 6 nitrogen and oxygen atoms in total. The molecule has 0 radical (unpaired) electrons. The zero-order valence-corrected chi connectivity index (χ0v) is 11.9. The van der Waals surface area contributed by atoms with E-state index in [4.69, 9.17) is 9.41 Å². The Balaban J connectivity index is 0.000000204. The van der Waals surface area contributed by atoms with E-state index in [2.05, 4.69) is 14.4 Å². The SMILES string of the molecule is COOc1ccccc1.O=[N+]([O-])c1ccc(OP)cc1. The van der Waals surface area contributed by atoms with Gasteiger partial charge in [-0.05, 0) is 24.3 Å². The average molecular weight is 295 g/mol. The maximum atomic E-state index is 10.2. The van der Waals surface area contributed by atoms with Crippen LogP contribution in [-0.2, 0) is 4.89 Å². The van der Waals surface area contributed by atoms with Crippen LogP contribution in [0.5, 0.6) is 11.5 Å². The summed E-state index contributed by atoms with van der Waals surface area (Å²) in [6.07, 6.45) is 0. The normalized spacial score (nSPS) is 9.10. The fourth-order valence-electron chi connectivity index (χ4n) is 1.22. The standard InChI is InChI=1S/C7H8O2.C6H6NO3P/c1-8-9-7-5-3-2-4-6-7;8-7(9)5-1-3-6(10-11)4-2-5/h2-6H,1H3;1-4H,11H2. The van der Waals surface area contributed by atoms with Crippen molar-refractivity contribution in [1.82, 2.24) is 0 Å². The lowest BCUT2D eigenvalue weighted by molar-refractivity contribution is -0.384. The topological polar surface area (TPSA) is 70.8 Å². The number of hydrogen-bond donors (Lipinski definition) is 0. The van der Waals surface area contributed by atoms with Crippen LogP contribution in [0.4, 0.5) is 5.69 Å². The number of hydrogen-bond acceptors (Lipinski definition) is 5. The number of rotatable bonds is 4. The second kappa shape index (κ2) is 8.85. The zero-order valence-electron chi connectivity index (χ0n) is 10.8. The first-order valence-corrected chi connectivity index (χ1v) is 6.01. The molecule has 0 saturated heterocycles. The van der Waals surface area contributed by atoms with Gasteiger partial charge >= 0.3 is 0 Å². The highest BCUT2D eigenvalue weighted by Gasteiger charge is 2.02. The first-order valence-electron chi connectivity index (χ1n) is 5.54. The van der Waals surface area contributed by atoms with E-state index in [9.17, 15) is 10.1 Å². The summed E-state index contributed by atoms with van der Waals surface area (Å²) in [5.41, 5.74) is 0.0656. The number of para-hydroxylation sites is 1. The van der Waals surface area contributed by atoms with Gasteiger partial charge in [-0.15, -0.1) is 0 Å². The summed E-state index contributed by atoms with van der Waals surface area (Å²) >= 11 is 0. The molecular weight excluding hydrogens is 281 g/mol. The van der Waals surface area contributed by atoms with Gasteiger partial charge in [0, 0.05) is 12.1 Å². The van der Waals surface area contributed by atoms with Crippen LogP contribution in [0.2, 0.25) is 0 Å². The third-order valence-corrected chi connectivity index (χ3v) is 2.38. The number of nitro groups is 1. The lowest BCUT2D eigenvalue weighted by Crippen LogP contribution is -1.88. The molecule has 2 aromatic carbocycles. The average Bonchev–Trinajstić information content (AvgIpc) is 2.49. The first-order chi connectivity index (χ1) is 9.67. The van der Waals surface area contributed by atoms with E-state index in [1.807, 2.05) is 30.3 Å². The highest BCUT2D eigenvalue weighted by Crippen LogP contribution is 2.18. The molecule has 0 aliphatic heterocycles. The van der Waals surface area contributed by atoms with Crippen LogP contribution in [0.3, 0.4) is 0 Å². The van der Waals surface area contributed by atoms with Gasteiger partial charge < -0.3 is 9.41 Å². The van der Waals surface area contributed by atoms with Crippen LogP contribution in [-0.4, -0.2) is 12.0 Å². The summed E-state index contributed by atoms with van der Waals surface area (Å²) in [5.74, 6) is 1.31. The van der Waals surface area contributed by atoms with Gasteiger partial charge in [-0.25, -0.2) is 0 Å². The van der Waals surface area contributed by atoms with Crippen LogP contribution >= 0.6 is 9.47 Å². The highest BCUT2D eigenvalue weighted by atomic mass is 31.0. The van der Waals surface area contributed by atoms with Gasteiger partial charge in [0.25, 0.3) is 5.69 Å². The van der Waals surface area contributed by atoms with Gasteiger partial charge in [0.05, 0.1) is 21.5 Å². The molecule has 0 aliphatic carbocycles. The van der Waals surface area contributed by atoms with Crippen LogP contribution in [0, 0.1) is 10.1 Å². The van der Waals surface area contributed by atoms with E-state index in [0.717, 1.165) is 5.75 Å².